The molecule has 0 spiro atoms. The van der Waals surface area contributed by atoms with E-state index in [4.69, 9.17) is 26.2 Å². The highest BCUT2D eigenvalue weighted by Crippen LogP contribution is 2.36. The zero-order valence-electron chi connectivity index (χ0n) is 17.9. The normalized spacial score (nSPS) is 15.9. The molecule has 0 fully saturated rings. The smallest absolute Gasteiger partial charge is 0.338 e. The molecule has 0 saturated heterocycles. The number of nitrogens with one attached hydrogen (secondary N) is 1. The molecule has 3 rings (SSSR count). The molecule has 8 nitrogen and oxygen atoms in total. The van der Waals surface area contributed by atoms with E-state index < -0.39 is 29.8 Å². The van der Waals surface area contributed by atoms with Gasteiger partial charge in [0.25, 0.3) is 0 Å². The van der Waals surface area contributed by atoms with Gasteiger partial charge in [-0.3, -0.25) is 4.90 Å². The van der Waals surface area contributed by atoms with Crippen LogP contribution >= 0.6 is 11.6 Å². The van der Waals surface area contributed by atoms with Crippen molar-refractivity contribution in [2.24, 2.45) is 0 Å². The minimum atomic E-state index is -1.16. The van der Waals surface area contributed by atoms with Crippen molar-refractivity contribution < 1.29 is 33.4 Å². The monoisotopic (exact) mass is 476 g/mol. The molecule has 0 saturated carbocycles. The predicted octanol–water partition coefficient (Wildman–Crippen LogP) is 3.91. The van der Waals surface area contributed by atoms with Gasteiger partial charge in [0.2, 0.25) is 0 Å². The Kier molecular flexibility index (Phi) is 7.67. The standard InChI is InChI=1S/C23H22ClFN2O6/c1-13-18(22(30)33-11-10-32-2)20(19-16(24)4-3-5-17(19)25)26-23(31)27(13)12-14-6-8-15(9-7-14)21(28)29/h3-9,20H,10-12H2,1-2H3,(H,26,31)(H,28,29)/t20-/m0/s1. The fourth-order valence-electron chi connectivity index (χ4n) is 3.47. The highest BCUT2D eigenvalue weighted by atomic mass is 35.5. The van der Waals surface area contributed by atoms with E-state index in [2.05, 4.69) is 5.32 Å². The maximum absolute atomic E-state index is 14.7. The number of hydrogen-bond acceptors (Lipinski definition) is 5. The van der Waals surface area contributed by atoms with Gasteiger partial charge < -0.3 is 19.9 Å². The number of allylic oxidation sites excluding steroid dienone is 1. The summed E-state index contributed by atoms with van der Waals surface area (Å²) in [7, 11) is 1.46. The molecule has 2 N–H and O–H groups in total. The van der Waals surface area contributed by atoms with Crippen molar-refractivity contribution in [3.63, 3.8) is 0 Å². The van der Waals surface area contributed by atoms with Gasteiger partial charge in [-0.15, -0.1) is 0 Å². The SMILES string of the molecule is COCCOC(=O)C1=C(C)N(Cc2ccc(C(=O)O)cc2)C(=O)N[C@@H]1c1c(F)cccc1Cl. The number of carbonyl (C=O) groups excluding carboxylic acids is 2. The van der Waals surface area contributed by atoms with Crippen LogP contribution in [0.4, 0.5) is 9.18 Å². The molecule has 2 amide bonds. The lowest BCUT2D eigenvalue weighted by Gasteiger charge is -2.35. The molecular formula is C23H22ClFN2O6. The largest absolute Gasteiger partial charge is 0.478 e. The summed E-state index contributed by atoms with van der Waals surface area (Å²) >= 11 is 6.21. The van der Waals surface area contributed by atoms with Gasteiger partial charge in [0.1, 0.15) is 12.4 Å². The second kappa shape index (κ2) is 10.5. The Balaban J connectivity index is 2.01. The van der Waals surface area contributed by atoms with Gasteiger partial charge in [0.15, 0.2) is 0 Å². The molecule has 174 valence electrons. The van der Waals surface area contributed by atoms with Gasteiger partial charge in [-0.1, -0.05) is 29.8 Å². The number of nitrogens with zero attached hydrogens (tertiary/aromatic N) is 1. The average molecular weight is 477 g/mol. The maximum atomic E-state index is 14.7. The first kappa shape index (κ1) is 24.2. The third-order valence-corrected chi connectivity index (χ3v) is 5.50. The fourth-order valence-corrected chi connectivity index (χ4v) is 3.74. The van der Waals surface area contributed by atoms with Crippen LogP contribution in [0.1, 0.15) is 34.5 Å². The molecule has 0 aromatic heterocycles. The highest BCUT2D eigenvalue weighted by molar-refractivity contribution is 6.31. The van der Waals surface area contributed by atoms with Crippen LogP contribution in [0.2, 0.25) is 5.02 Å². The number of carboxylic acid groups (broad SMARTS) is 1. The summed E-state index contributed by atoms with van der Waals surface area (Å²) in [5.41, 5.74) is 0.971. The van der Waals surface area contributed by atoms with E-state index in [-0.39, 0.29) is 47.2 Å². The Morgan fingerprint density at radius 1 is 1.18 bits per heavy atom. The summed E-state index contributed by atoms with van der Waals surface area (Å²) in [5, 5.41) is 11.8. The van der Waals surface area contributed by atoms with Crippen LogP contribution in [0.5, 0.6) is 0 Å². The Morgan fingerprint density at radius 3 is 2.48 bits per heavy atom. The molecule has 10 heteroatoms. The second-order valence-corrected chi connectivity index (χ2v) is 7.64. The number of methoxy groups -OCH3 is 1. The molecule has 0 radical (unpaired) electrons. The summed E-state index contributed by atoms with van der Waals surface area (Å²) in [6.07, 6.45) is 0. The van der Waals surface area contributed by atoms with Crippen molar-refractivity contribution in [1.82, 2.24) is 10.2 Å². The van der Waals surface area contributed by atoms with Crippen LogP contribution in [0.3, 0.4) is 0 Å². The van der Waals surface area contributed by atoms with Gasteiger partial charge in [-0.2, -0.15) is 0 Å². The van der Waals surface area contributed by atoms with Crippen LogP contribution in [0, 0.1) is 5.82 Å². The average Bonchev–Trinajstić information content (AvgIpc) is 2.77. The number of amides is 2. The number of esters is 1. The minimum Gasteiger partial charge on any atom is -0.478 e. The summed E-state index contributed by atoms with van der Waals surface area (Å²) in [6, 6.07) is 8.31. The lowest BCUT2D eigenvalue weighted by Crippen LogP contribution is -2.48. The number of hydrogen-bond donors (Lipinski definition) is 2. The zero-order chi connectivity index (χ0) is 24.1. The molecule has 1 aliphatic heterocycles. The minimum absolute atomic E-state index is 0.0276. The van der Waals surface area contributed by atoms with Crippen LogP contribution in [0.15, 0.2) is 53.7 Å². The number of halogens is 2. The first-order chi connectivity index (χ1) is 15.7. The summed E-state index contributed by atoms with van der Waals surface area (Å²) in [5.74, 6) is -2.50. The number of rotatable bonds is 8. The molecule has 33 heavy (non-hydrogen) atoms. The van der Waals surface area contributed by atoms with Crippen molar-refractivity contribution in [2.75, 3.05) is 20.3 Å². The number of urea groups is 1. The van der Waals surface area contributed by atoms with Crippen molar-refractivity contribution in [1.29, 1.82) is 0 Å². The van der Waals surface area contributed by atoms with Crippen LogP contribution in [0.25, 0.3) is 0 Å². The predicted molar refractivity (Wildman–Crippen MR) is 117 cm³/mol. The highest BCUT2D eigenvalue weighted by Gasteiger charge is 2.38. The first-order valence-corrected chi connectivity index (χ1v) is 10.3. The molecule has 0 aliphatic carbocycles. The van der Waals surface area contributed by atoms with E-state index in [0.29, 0.717) is 5.56 Å². The van der Waals surface area contributed by atoms with Crippen molar-refractivity contribution in [3.05, 3.63) is 81.3 Å². The first-order valence-electron chi connectivity index (χ1n) is 9.95. The van der Waals surface area contributed by atoms with E-state index in [1.807, 2.05) is 0 Å². The molecule has 1 aliphatic rings. The second-order valence-electron chi connectivity index (χ2n) is 7.23. The molecule has 2 aromatic rings. The molecule has 1 atom stereocenters. The molecule has 0 bridgehead atoms. The van der Waals surface area contributed by atoms with E-state index in [0.717, 1.165) is 0 Å². The maximum Gasteiger partial charge on any atom is 0.338 e. The van der Waals surface area contributed by atoms with Crippen LogP contribution in [-0.4, -0.2) is 48.3 Å². The zero-order valence-corrected chi connectivity index (χ0v) is 18.7. The van der Waals surface area contributed by atoms with Crippen LogP contribution in [-0.2, 0) is 20.8 Å². The Bertz CT molecular complexity index is 1080. The number of benzene rings is 2. The third kappa shape index (κ3) is 5.32. The summed E-state index contributed by atoms with van der Waals surface area (Å²) < 4.78 is 24.9. The lowest BCUT2D eigenvalue weighted by molar-refractivity contribution is -0.140. The third-order valence-electron chi connectivity index (χ3n) is 5.17. The van der Waals surface area contributed by atoms with Crippen molar-refractivity contribution in [3.8, 4) is 0 Å². The van der Waals surface area contributed by atoms with E-state index in [9.17, 15) is 18.8 Å². The number of aromatic carboxylic acids is 1. The Morgan fingerprint density at radius 2 is 1.88 bits per heavy atom. The number of carboxylic acids is 1. The number of carbonyl (C=O) groups is 3. The summed E-state index contributed by atoms with van der Waals surface area (Å²) in [6.45, 7) is 1.73. The Labute approximate surface area is 194 Å². The van der Waals surface area contributed by atoms with E-state index >= 15 is 0 Å². The summed E-state index contributed by atoms with van der Waals surface area (Å²) in [4.78, 5) is 38.3. The molecular weight excluding hydrogens is 455 g/mol. The van der Waals surface area contributed by atoms with Crippen LogP contribution < -0.4 is 5.32 Å². The van der Waals surface area contributed by atoms with Gasteiger partial charge in [0, 0.05) is 23.4 Å². The van der Waals surface area contributed by atoms with Gasteiger partial charge in [0.05, 0.1) is 30.3 Å². The van der Waals surface area contributed by atoms with Crippen molar-refractivity contribution >= 4 is 29.6 Å². The molecule has 0 unspecified atom stereocenters. The number of ether oxygens (including phenoxy) is 2. The quantitative estimate of drug-likeness (QED) is 0.442. The molecule has 2 aromatic carbocycles. The fraction of sp³-hybridized carbons (Fsp3) is 0.261. The van der Waals surface area contributed by atoms with Crippen molar-refractivity contribution in [2.45, 2.75) is 19.5 Å². The van der Waals surface area contributed by atoms with Gasteiger partial charge in [-0.05, 0) is 36.8 Å². The van der Waals surface area contributed by atoms with Gasteiger partial charge >= 0.3 is 18.0 Å². The molecule has 1 heterocycles. The topological polar surface area (TPSA) is 105 Å². The lowest BCUT2D eigenvalue weighted by atomic mass is 9.94. The van der Waals surface area contributed by atoms with E-state index in [1.165, 1.54) is 42.3 Å². The Hall–Kier alpha value is -3.43. The van der Waals surface area contributed by atoms with E-state index in [1.54, 1.807) is 19.1 Å². The van der Waals surface area contributed by atoms with Gasteiger partial charge in [-0.25, -0.2) is 18.8 Å².